The van der Waals surface area contributed by atoms with Crippen LogP contribution < -0.4 is 10.1 Å². The third-order valence-corrected chi connectivity index (χ3v) is 4.42. The number of amides is 1. The Labute approximate surface area is 163 Å². The van der Waals surface area contributed by atoms with Gasteiger partial charge in [0.15, 0.2) is 0 Å². The minimum Gasteiger partial charge on any atom is -0.497 e. The van der Waals surface area contributed by atoms with Crippen molar-refractivity contribution >= 4 is 28.9 Å². The second-order valence-electron chi connectivity index (χ2n) is 6.26. The Morgan fingerprint density at radius 3 is 2.75 bits per heavy atom. The van der Waals surface area contributed by atoms with Crippen molar-refractivity contribution in [3.05, 3.63) is 71.9 Å². The molecule has 0 aliphatic heterocycles. The van der Waals surface area contributed by atoms with Gasteiger partial charge in [-0.15, -0.1) is 0 Å². The SMILES string of the molecule is COC(=O)C(Cc1c[nH]c2ccccc12)NC(=O)/C=C\c1cccc(OC)c1. The minimum atomic E-state index is -0.785. The van der Waals surface area contributed by atoms with E-state index in [-0.39, 0.29) is 5.91 Å². The van der Waals surface area contributed by atoms with E-state index >= 15 is 0 Å². The highest BCUT2D eigenvalue weighted by molar-refractivity contribution is 5.95. The van der Waals surface area contributed by atoms with Crippen LogP contribution in [-0.4, -0.2) is 37.1 Å². The second-order valence-corrected chi connectivity index (χ2v) is 6.26. The smallest absolute Gasteiger partial charge is 0.328 e. The van der Waals surface area contributed by atoms with Gasteiger partial charge >= 0.3 is 5.97 Å². The Bertz CT molecular complexity index is 1010. The van der Waals surface area contributed by atoms with Gasteiger partial charge in [0.05, 0.1) is 14.2 Å². The van der Waals surface area contributed by atoms with Crippen LogP contribution >= 0.6 is 0 Å². The highest BCUT2D eigenvalue weighted by atomic mass is 16.5. The maximum atomic E-state index is 12.3. The molecule has 6 nitrogen and oxygen atoms in total. The van der Waals surface area contributed by atoms with E-state index in [4.69, 9.17) is 9.47 Å². The lowest BCUT2D eigenvalue weighted by molar-refractivity contribution is -0.144. The summed E-state index contributed by atoms with van der Waals surface area (Å²) in [6.45, 7) is 0. The average Bonchev–Trinajstić information content (AvgIpc) is 3.14. The van der Waals surface area contributed by atoms with Gasteiger partial charge in [0, 0.05) is 29.6 Å². The summed E-state index contributed by atoms with van der Waals surface area (Å²) in [4.78, 5) is 27.7. The van der Waals surface area contributed by atoms with Crippen LogP contribution in [0.2, 0.25) is 0 Å². The third-order valence-electron chi connectivity index (χ3n) is 4.42. The lowest BCUT2D eigenvalue weighted by Gasteiger charge is -2.15. The van der Waals surface area contributed by atoms with Crippen LogP contribution in [0.5, 0.6) is 5.75 Å². The normalized spacial score (nSPS) is 12.1. The summed E-state index contributed by atoms with van der Waals surface area (Å²) in [6.07, 6.45) is 5.23. The molecule has 1 atom stereocenters. The number of nitrogens with one attached hydrogen (secondary N) is 2. The molecule has 28 heavy (non-hydrogen) atoms. The predicted molar refractivity (Wildman–Crippen MR) is 108 cm³/mol. The molecule has 1 aromatic heterocycles. The van der Waals surface area contributed by atoms with Crippen molar-refractivity contribution in [1.29, 1.82) is 0 Å². The van der Waals surface area contributed by atoms with Gasteiger partial charge in [-0.2, -0.15) is 0 Å². The van der Waals surface area contributed by atoms with Crippen molar-refractivity contribution in [3.8, 4) is 5.75 Å². The number of H-pyrrole nitrogens is 1. The zero-order valence-electron chi connectivity index (χ0n) is 15.8. The number of rotatable bonds is 7. The summed E-state index contributed by atoms with van der Waals surface area (Å²) >= 11 is 0. The van der Waals surface area contributed by atoms with Gasteiger partial charge in [0.2, 0.25) is 5.91 Å². The van der Waals surface area contributed by atoms with E-state index in [1.54, 1.807) is 13.2 Å². The molecule has 1 unspecified atom stereocenters. The Kier molecular flexibility index (Phi) is 6.11. The van der Waals surface area contributed by atoms with Gasteiger partial charge in [-0.05, 0) is 35.4 Å². The molecule has 0 bridgehead atoms. The first kappa shape index (κ1) is 19.2. The van der Waals surface area contributed by atoms with Crippen molar-refractivity contribution in [2.45, 2.75) is 12.5 Å². The van der Waals surface area contributed by atoms with E-state index in [0.717, 1.165) is 22.0 Å². The first-order chi connectivity index (χ1) is 13.6. The zero-order valence-corrected chi connectivity index (χ0v) is 15.8. The minimum absolute atomic E-state index is 0.329. The molecular weight excluding hydrogens is 356 g/mol. The summed E-state index contributed by atoms with van der Waals surface area (Å²) in [5.41, 5.74) is 2.73. The number of para-hydroxylation sites is 1. The molecule has 0 aliphatic rings. The van der Waals surface area contributed by atoms with Gasteiger partial charge in [-0.3, -0.25) is 4.79 Å². The average molecular weight is 378 g/mol. The Morgan fingerprint density at radius 2 is 1.96 bits per heavy atom. The molecule has 1 amide bonds. The van der Waals surface area contributed by atoms with Crippen LogP contribution in [0.4, 0.5) is 0 Å². The number of carbonyl (C=O) groups excluding carboxylic acids is 2. The fourth-order valence-electron chi connectivity index (χ4n) is 2.99. The standard InChI is InChI=1S/C22H22N2O4/c1-27-17-7-5-6-15(12-17)10-11-21(25)24-20(22(26)28-2)13-16-14-23-19-9-4-3-8-18(16)19/h3-12,14,20,23H,13H2,1-2H3,(H,24,25)/b11-10-. The number of hydrogen-bond acceptors (Lipinski definition) is 4. The van der Waals surface area contributed by atoms with Gasteiger partial charge < -0.3 is 19.8 Å². The Balaban J connectivity index is 1.72. The highest BCUT2D eigenvalue weighted by Gasteiger charge is 2.22. The van der Waals surface area contributed by atoms with Crippen LogP contribution in [0, 0.1) is 0 Å². The number of benzene rings is 2. The monoisotopic (exact) mass is 378 g/mol. The topological polar surface area (TPSA) is 80.4 Å². The molecule has 0 fully saturated rings. The molecule has 3 rings (SSSR count). The zero-order chi connectivity index (χ0) is 19.9. The number of aromatic amines is 1. The molecule has 0 aliphatic carbocycles. The molecular formula is C22H22N2O4. The molecule has 1 heterocycles. The number of hydrogen-bond donors (Lipinski definition) is 2. The van der Waals surface area contributed by atoms with E-state index in [9.17, 15) is 9.59 Å². The van der Waals surface area contributed by atoms with E-state index in [2.05, 4.69) is 10.3 Å². The molecule has 144 valence electrons. The van der Waals surface area contributed by atoms with Crippen LogP contribution in [0.15, 0.2) is 60.8 Å². The van der Waals surface area contributed by atoms with E-state index in [0.29, 0.717) is 12.2 Å². The lowest BCUT2D eigenvalue weighted by atomic mass is 10.0. The van der Waals surface area contributed by atoms with Crippen molar-refractivity contribution in [3.63, 3.8) is 0 Å². The maximum Gasteiger partial charge on any atom is 0.328 e. The predicted octanol–water partition coefficient (Wildman–Crippen LogP) is 3.09. The maximum absolute atomic E-state index is 12.3. The second kappa shape index (κ2) is 8.90. The molecule has 0 spiro atoms. The molecule has 2 aromatic carbocycles. The van der Waals surface area contributed by atoms with Gasteiger partial charge in [-0.25, -0.2) is 4.79 Å². The van der Waals surface area contributed by atoms with Gasteiger partial charge in [0.25, 0.3) is 0 Å². The number of esters is 1. The molecule has 0 radical (unpaired) electrons. The number of methoxy groups -OCH3 is 2. The largest absolute Gasteiger partial charge is 0.497 e. The molecule has 0 saturated carbocycles. The quantitative estimate of drug-likeness (QED) is 0.489. The van der Waals surface area contributed by atoms with Crippen molar-refractivity contribution in [1.82, 2.24) is 10.3 Å². The fraction of sp³-hybridized carbons (Fsp3) is 0.182. The molecule has 3 aromatic rings. The highest BCUT2D eigenvalue weighted by Crippen LogP contribution is 2.19. The van der Waals surface area contributed by atoms with E-state index in [1.807, 2.05) is 54.7 Å². The van der Waals surface area contributed by atoms with Crippen LogP contribution in [0.3, 0.4) is 0 Å². The third kappa shape index (κ3) is 4.59. The van der Waals surface area contributed by atoms with Crippen LogP contribution in [0.25, 0.3) is 17.0 Å². The lowest BCUT2D eigenvalue weighted by Crippen LogP contribution is -2.42. The fourth-order valence-corrected chi connectivity index (χ4v) is 2.99. The van der Waals surface area contributed by atoms with E-state index in [1.165, 1.54) is 13.2 Å². The summed E-state index contributed by atoms with van der Waals surface area (Å²) < 4.78 is 10.0. The summed E-state index contributed by atoms with van der Waals surface area (Å²) in [5, 5.41) is 3.74. The van der Waals surface area contributed by atoms with Crippen LogP contribution in [0.1, 0.15) is 11.1 Å². The number of ether oxygens (including phenoxy) is 2. The molecule has 2 N–H and O–H groups in total. The summed E-state index contributed by atoms with van der Waals surface area (Å²) in [5.74, 6) is -0.166. The molecule has 6 heteroatoms. The Hall–Kier alpha value is -3.54. The van der Waals surface area contributed by atoms with Crippen molar-refractivity contribution < 1.29 is 19.1 Å². The first-order valence-corrected chi connectivity index (χ1v) is 8.86. The first-order valence-electron chi connectivity index (χ1n) is 8.86. The number of carbonyl (C=O) groups is 2. The summed E-state index contributed by atoms with van der Waals surface area (Å²) in [6, 6.07) is 14.3. The van der Waals surface area contributed by atoms with Crippen LogP contribution in [-0.2, 0) is 20.7 Å². The Morgan fingerprint density at radius 1 is 1.14 bits per heavy atom. The number of aromatic nitrogens is 1. The summed E-state index contributed by atoms with van der Waals surface area (Å²) in [7, 11) is 2.89. The molecule has 0 saturated heterocycles. The van der Waals surface area contributed by atoms with E-state index < -0.39 is 12.0 Å². The van der Waals surface area contributed by atoms with Crippen molar-refractivity contribution in [2.75, 3.05) is 14.2 Å². The number of fused-ring (bicyclic) bond motifs is 1. The van der Waals surface area contributed by atoms with Crippen molar-refractivity contribution in [2.24, 2.45) is 0 Å². The van der Waals surface area contributed by atoms with Gasteiger partial charge in [-0.1, -0.05) is 30.3 Å². The van der Waals surface area contributed by atoms with Gasteiger partial charge in [0.1, 0.15) is 11.8 Å².